The molecule has 5 rings (SSSR count). The summed E-state index contributed by atoms with van der Waals surface area (Å²) in [5, 5.41) is 2.87. The first kappa shape index (κ1) is 29.9. The molecule has 3 aromatic carbocycles. The van der Waals surface area contributed by atoms with Gasteiger partial charge in [-0.25, -0.2) is 4.79 Å². The molecule has 2 aliphatic rings. The fraction of sp³-hybridized carbons (Fsp3) is 0.375. The third kappa shape index (κ3) is 7.25. The van der Waals surface area contributed by atoms with E-state index < -0.39 is 22.1 Å². The van der Waals surface area contributed by atoms with Crippen molar-refractivity contribution in [2.24, 2.45) is 0 Å². The summed E-state index contributed by atoms with van der Waals surface area (Å²) in [6.07, 6.45) is 0.625. The predicted octanol–water partition coefficient (Wildman–Crippen LogP) is 5.30. The van der Waals surface area contributed by atoms with Crippen LogP contribution in [0.25, 0.3) is 0 Å². The summed E-state index contributed by atoms with van der Waals surface area (Å²) in [7, 11) is -3.49. The topological polar surface area (TPSA) is 102 Å². The van der Waals surface area contributed by atoms with E-state index in [1.54, 1.807) is 49.9 Å². The highest BCUT2D eigenvalue weighted by molar-refractivity contribution is 7.95. The Hall–Kier alpha value is -3.57. The molecule has 1 saturated heterocycles. The highest BCUT2D eigenvalue weighted by Gasteiger charge is 2.41. The standard InChI is InChI=1S/C32H38N4O5S/c1-32(2,3)41-31(38)35-18-20-36(21-19-35)42(39,40)29-14-12-28(13-15-29)33-30(37)26-10-8-24(9-11-26)22-34-17-16-25-6-4-5-7-27(25)23-34/h4-15H,16-23H2,1-3H3,(H-,33,37,39,40)/p+1. The molecule has 222 valence electrons. The molecule has 0 aromatic heterocycles. The molecular formula is C32H39N4O5S+. The van der Waals surface area contributed by atoms with E-state index in [2.05, 4.69) is 34.5 Å². The molecule has 2 aliphatic heterocycles. The lowest BCUT2D eigenvalue weighted by Crippen LogP contribution is -2.53. The number of benzene rings is 3. The fourth-order valence-corrected chi connectivity index (χ4v) is 6.67. The number of hydrogen-bond acceptors (Lipinski definition) is 5. The Labute approximate surface area is 248 Å². The van der Waals surface area contributed by atoms with Crippen LogP contribution in [0, 0.1) is 0 Å². The van der Waals surface area contributed by atoms with Crippen LogP contribution in [0.3, 0.4) is 0 Å². The van der Waals surface area contributed by atoms with Crippen molar-refractivity contribution in [3.8, 4) is 0 Å². The molecule has 1 unspecified atom stereocenters. The minimum atomic E-state index is -3.49. The van der Waals surface area contributed by atoms with E-state index in [9.17, 15) is 18.4 Å². The molecule has 1 atom stereocenters. The first-order chi connectivity index (χ1) is 20.0. The Morgan fingerprint density at radius 1 is 0.881 bits per heavy atom. The molecule has 1 fully saturated rings. The maximum absolute atomic E-state index is 13.3. The van der Waals surface area contributed by atoms with E-state index in [0.29, 0.717) is 24.3 Å². The van der Waals surface area contributed by atoms with Gasteiger partial charge in [0.15, 0.2) is 0 Å². The minimum Gasteiger partial charge on any atom is -0.444 e. The maximum Gasteiger partial charge on any atom is 0.410 e. The summed E-state index contributed by atoms with van der Waals surface area (Å²) in [6, 6.07) is 22.6. The number of nitrogens with zero attached hydrogens (tertiary/aromatic N) is 3. The van der Waals surface area contributed by atoms with Crippen LogP contribution in [0.5, 0.6) is 0 Å². The van der Waals surface area contributed by atoms with Gasteiger partial charge in [-0.1, -0.05) is 40.7 Å². The second-order valence-corrected chi connectivity index (χ2v) is 13.8. The van der Waals surface area contributed by atoms with E-state index in [1.165, 1.54) is 15.4 Å². The van der Waals surface area contributed by atoms with Crippen LogP contribution in [0.4, 0.5) is 10.5 Å². The van der Waals surface area contributed by atoms with Gasteiger partial charge in [-0.2, -0.15) is 4.55 Å². The third-order valence-corrected chi connectivity index (χ3v) is 9.44. The lowest BCUT2D eigenvalue weighted by atomic mass is 9.99. The van der Waals surface area contributed by atoms with Gasteiger partial charge in [-0.3, -0.25) is 9.69 Å². The van der Waals surface area contributed by atoms with Crippen LogP contribution >= 0.6 is 0 Å². The lowest BCUT2D eigenvalue weighted by Gasteiger charge is -2.33. The molecule has 0 spiro atoms. The van der Waals surface area contributed by atoms with Crippen molar-refractivity contribution in [2.45, 2.75) is 50.8 Å². The Morgan fingerprint density at radius 2 is 1.52 bits per heavy atom. The number of nitrogens with one attached hydrogen (secondary N) is 1. The molecular weight excluding hydrogens is 552 g/mol. The van der Waals surface area contributed by atoms with E-state index in [1.807, 2.05) is 24.3 Å². The smallest absolute Gasteiger partial charge is 0.410 e. The van der Waals surface area contributed by atoms with Crippen molar-refractivity contribution in [1.82, 2.24) is 14.1 Å². The highest BCUT2D eigenvalue weighted by atomic mass is 32.3. The Morgan fingerprint density at radius 3 is 2.17 bits per heavy atom. The van der Waals surface area contributed by atoms with Crippen LogP contribution in [0.15, 0.2) is 77.7 Å². The second-order valence-electron chi connectivity index (χ2n) is 11.8. The van der Waals surface area contributed by atoms with Gasteiger partial charge in [-0.05, 0) is 72.4 Å². The quantitative estimate of drug-likeness (QED) is 0.378. The van der Waals surface area contributed by atoms with Gasteiger partial charge in [0.2, 0.25) is 4.90 Å². The number of piperazine rings is 1. The first-order valence-electron chi connectivity index (χ1n) is 14.3. The molecule has 0 saturated carbocycles. The first-order valence-corrected chi connectivity index (χ1v) is 15.7. The lowest BCUT2D eigenvalue weighted by molar-refractivity contribution is 0.0189. The minimum absolute atomic E-state index is 0.244. The van der Waals surface area contributed by atoms with Crippen molar-refractivity contribution < 1.29 is 23.1 Å². The molecule has 10 heteroatoms. The Balaban J connectivity index is 1.13. The molecule has 3 aromatic rings. The molecule has 2 N–H and O–H groups in total. The number of fused-ring (bicyclic) bond motifs is 1. The van der Waals surface area contributed by atoms with Gasteiger partial charge < -0.3 is 15.0 Å². The van der Waals surface area contributed by atoms with Crippen molar-refractivity contribution in [3.63, 3.8) is 0 Å². The van der Waals surface area contributed by atoms with Gasteiger partial charge in [0, 0.05) is 56.1 Å². The fourth-order valence-electron chi connectivity index (χ4n) is 5.22. The summed E-state index contributed by atoms with van der Waals surface area (Å²) in [4.78, 5) is 29.4. The molecule has 0 radical (unpaired) electrons. The van der Waals surface area contributed by atoms with E-state index in [0.717, 1.165) is 31.6 Å². The maximum atomic E-state index is 13.3. The molecule has 2 heterocycles. The van der Waals surface area contributed by atoms with Crippen LogP contribution < -0.4 is 5.32 Å². The third-order valence-electron chi connectivity index (χ3n) is 7.49. The normalized spacial score (nSPS) is 17.7. The second kappa shape index (κ2) is 12.3. The van der Waals surface area contributed by atoms with Gasteiger partial charge in [0.25, 0.3) is 5.91 Å². The summed E-state index contributed by atoms with van der Waals surface area (Å²) in [5.74, 6) is -0.246. The zero-order valence-corrected chi connectivity index (χ0v) is 25.2. The number of anilines is 1. The van der Waals surface area contributed by atoms with Crippen molar-refractivity contribution in [3.05, 3.63) is 95.1 Å². The summed E-state index contributed by atoms with van der Waals surface area (Å²) in [6.45, 7) is 9.27. The average molecular weight is 592 g/mol. The van der Waals surface area contributed by atoms with Crippen LogP contribution in [0.2, 0.25) is 0 Å². The van der Waals surface area contributed by atoms with Crippen LogP contribution in [-0.4, -0.2) is 69.0 Å². The summed E-state index contributed by atoms with van der Waals surface area (Å²) >= 11 is 0. The number of ether oxygens (including phenoxy) is 1. The van der Waals surface area contributed by atoms with Gasteiger partial charge >= 0.3 is 16.5 Å². The number of carbonyl (C=O) groups is 2. The largest absolute Gasteiger partial charge is 0.444 e. The van der Waals surface area contributed by atoms with E-state index in [4.69, 9.17) is 4.74 Å². The monoisotopic (exact) mass is 591 g/mol. The zero-order valence-electron chi connectivity index (χ0n) is 24.4. The molecule has 9 nitrogen and oxygen atoms in total. The number of hydrogen-bond donors (Lipinski definition) is 2. The van der Waals surface area contributed by atoms with E-state index in [-0.39, 0.29) is 23.9 Å². The average Bonchev–Trinajstić information content (AvgIpc) is 2.97. The van der Waals surface area contributed by atoms with Crippen molar-refractivity contribution >= 4 is 28.1 Å². The van der Waals surface area contributed by atoms with Crippen molar-refractivity contribution in [1.29, 1.82) is 0 Å². The van der Waals surface area contributed by atoms with Crippen molar-refractivity contribution in [2.75, 3.05) is 38.0 Å². The Bertz CT molecular complexity index is 1460. The molecule has 2 amide bonds. The van der Waals surface area contributed by atoms with Crippen LogP contribution in [-0.2, 0) is 38.9 Å². The molecule has 0 aliphatic carbocycles. The number of rotatable bonds is 6. The van der Waals surface area contributed by atoms with Crippen LogP contribution in [0.1, 0.15) is 47.8 Å². The van der Waals surface area contributed by atoms with E-state index >= 15 is 0 Å². The summed E-state index contributed by atoms with van der Waals surface area (Å²) < 4.78 is 31.1. The summed E-state index contributed by atoms with van der Waals surface area (Å²) in [5.41, 5.74) is 4.43. The number of carbonyl (C=O) groups excluding carboxylic acids is 2. The van der Waals surface area contributed by atoms with Gasteiger partial charge in [-0.15, -0.1) is 0 Å². The molecule has 0 bridgehead atoms. The Kier molecular flexibility index (Phi) is 8.79. The highest BCUT2D eigenvalue weighted by Crippen LogP contribution is 2.26. The molecule has 42 heavy (non-hydrogen) atoms. The zero-order chi connectivity index (χ0) is 29.9. The van der Waals surface area contributed by atoms with Gasteiger partial charge in [0.05, 0.1) is 13.1 Å². The number of amides is 2. The predicted molar refractivity (Wildman–Crippen MR) is 163 cm³/mol. The van der Waals surface area contributed by atoms with Gasteiger partial charge in [0.1, 0.15) is 5.60 Å². The SMILES string of the molecule is CC(C)(C)OC(=O)N1CCN([S+](=O)(O)c2ccc(NC(=O)c3ccc(CN4CCc5ccccc5C4)cc3)cc2)CC1.